The molecule has 0 saturated heterocycles. The highest BCUT2D eigenvalue weighted by Gasteiger charge is 2.12. The summed E-state index contributed by atoms with van der Waals surface area (Å²) in [6, 6.07) is 3.17. The lowest BCUT2D eigenvalue weighted by Crippen LogP contribution is -2.05. The van der Waals surface area contributed by atoms with Gasteiger partial charge in [-0.1, -0.05) is 0 Å². The number of nitrogens with zero attached hydrogens (tertiary/aromatic N) is 3. The average Bonchev–Trinajstić information content (AvgIpc) is 2.92. The molecule has 2 heterocycles. The summed E-state index contributed by atoms with van der Waals surface area (Å²) in [5.74, 6) is -0.400. The van der Waals surface area contributed by atoms with Crippen molar-refractivity contribution in [3.8, 4) is 0 Å². The zero-order valence-corrected chi connectivity index (χ0v) is 11.1. The van der Waals surface area contributed by atoms with Gasteiger partial charge in [0.2, 0.25) is 5.95 Å². The maximum Gasteiger partial charge on any atom is 0.226 e. The number of fused-ring (bicyclic) bond motifs is 1. The predicted octanol–water partition coefficient (Wildman–Crippen LogP) is 2.81. The number of benzene rings is 1. The van der Waals surface area contributed by atoms with Crippen LogP contribution in [0.15, 0.2) is 24.4 Å². The van der Waals surface area contributed by atoms with Crippen LogP contribution >= 0.6 is 0 Å². The fraction of sp³-hybridized carbons (Fsp3) is 0.154. The molecular formula is C13H12F2N6. The van der Waals surface area contributed by atoms with Crippen LogP contribution < -0.4 is 10.6 Å². The summed E-state index contributed by atoms with van der Waals surface area (Å²) in [6.07, 6.45) is 1.52. The molecule has 0 radical (unpaired) electrons. The molecule has 0 aliphatic rings. The van der Waals surface area contributed by atoms with Gasteiger partial charge in [-0.05, 0) is 19.1 Å². The molecule has 108 valence electrons. The van der Waals surface area contributed by atoms with Crippen molar-refractivity contribution in [3.05, 3.63) is 36.0 Å². The number of anilines is 3. The molecule has 0 spiro atoms. The Morgan fingerprint density at radius 3 is 2.90 bits per heavy atom. The summed E-state index contributed by atoms with van der Waals surface area (Å²) >= 11 is 0. The van der Waals surface area contributed by atoms with E-state index in [1.54, 1.807) is 0 Å². The van der Waals surface area contributed by atoms with Crippen LogP contribution in [0, 0.1) is 11.6 Å². The smallest absolute Gasteiger partial charge is 0.226 e. The summed E-state index contributed by atoms with van der Waals surface area (Å²) in [5, 5.41) is 12.9. The second-order valence-electron chi connectivity index (χ2n) is 4.31. The zero-order chi connectivity index (χ0) is 14.8. The van der Waals surface area contributed by atoms with Gasteiger partial charge in [-0.15, -0.1) is 0 Å². The van der Waals surface area contributed by atoms with Crippen LogP contribution in [0.1, 0.15) is 6.92 Å². The third kappa shape index (κ3) is 2.60. The van der Waals surface area contributed by atoms with Crippen LogP contribution in [0.2, 0.25) is 0 Å². The highest BCUT2D eigenvalue weighted by molar-refractivity contribution is 5.89. The molecular weight excluding hydrogens is 278 g/mol. The van der Waals surface area contributed by atoms with Crippen molar-refractivity contribution >= 4 is 28.5 Å². The zero-order valence-electron chi connectivity index (χ0n) is 11.1. The number of nitrogens with one attached hydrogen (secondary N) is 3. The molecule has 0 unspecified atom stereocenters. The van der Waals surface area contributed by atoms with Gasteiger partial charge in [0.15, 0.2) is 5.65 Å². The van der Waals surface area contributed by atoms with E-state index in [-0.39, 0.29) is 5.69 Å². The lowest BCUT2D eigenvalue weighted by molar-refractivity contribution is 0.603. The second kappa shape index (κ2) is 5.31. The number of H-pyrrole nitrogens is 1. The van der Waals surface area contributed by atoms with Crippen molar-refractivity contribution in [2.45, 2.75) is 6.92 Å². The van der Waals surface area contributed by atoms with E-state index in [1.165, 1.54) is 6.20 Å². The third-order valence-corrected chi connectivity index (χ3v) is 2.83. The minimum absolute atomic E-state index is 0.00125. The van der Waals surface area contributed by atoms with Gasteiger partial charge in [-0.3, -0.25) is 5.10 Å². The topological polar surface area (TPSA) is 78.5 Å². The van der Waals surface area contributed by atoms with E-state index in [2.05, 4.69) is 30.8 Å². The number of aromatic nitrogens is 4. The van der Waals surface area contributed by atoms with E-state index in [0.29, 0.717) is 29.3 Å². The number of aromatic amines is 1. The maximum atomic E-state index is 13.7. The Hall–Kier alpha value is -2.77. The summed E-state index contributed by atoms with van der Waals surface area (Å²) in [5.41, 5.74) is 0.499. The van der Waals surface area contributed by atoms with E-state index in [4.69, 9.17) is 0 Å². The van der Waals surface area contributed by atoms with Gasteiger partial charge in [0, 0.05) is 12.6 Å². The van der Waals surface area contributed by atoms with Crippen molar-refractivity contribution in [2.24, 2.45) is 0 Å². The monoisotopic (exact) mass is 290 g/mol. The van der Waals surface area contributed by atoms with Crippen LogP contribution in [-0.4, -0.2) is 26.7 Å². The largest absolute Gasteiger partial charge is 0.354 e. The van der Waals surface area contributed by atoms with Crippen molar-refractivity contribution in [2.75, 3.05) is 17.2 Å². The standard InChI is InChI=1S/C13H12F2N6/c1-2-16-13-19-11(8-6-17-21-12(8)20-13)18-10-5-7(14)3-4-9(10)15/h3-6H,2H2,1H3,(H3,16,17,18,19,20,21). The molecule has 3 aromatic rings. The molecule has 0 bridgehead atoms. The molecule has 3 rings (SSSR count). The number of rotatable bonds is 4. The first kappa shape index (κ1) is 13.2. The first-order valence-corrected chi connectivity index (χ1v) is 6.34. The van der Waals surface area contributed by atoms with Gasteiger partial charge < -0.3 is 10.6 Å². The van der Waals surface area contributed by atoms with E-state index in [0.717, 1.165) is 18.2 Å². The fourth-order valence-corrected chi connectivity index (χ4v) is 1.89. The van der Waals surface area contributed by atoms with Crippen molar-refractivity contribution in [1.29, 1.82) is 0 Å². The Morgan fingerprint density at radius 1 is 1.24 bits per heavy atom. The second-order valence-corrected chi connectivity index (χ2v) is 4.31. The lowest BCUT2D eigenvalue weighted by atomic mass is 10.3. The lowest BCUT2D eigenvalue weighted by Gasteiger charge is -2.09. The maximum absolute atomic E-state index is 13.7. The fourth-order valence-electron chi connectivity index (χ4n) is 1.89. The summed E-state index contributed by atoms with van der Waals surface area (Å²) in [7, 11) is 0. The SMILES string of the molecule is CCNc1nc(Nc2cc(F)ccc2F)c2cn[nH]c2n1. The van der Waals surface area contributed by atoms with Gasteiger partial charge in [0.25, 0.3) is 0 Å². The molecule has 0 aliphatic carbocycles. The van der Waals surface area contributed by atoms with Gasteiger partial charge in [0.1, 0.15) is 17.5 Å². The van der Waals surface area contributed by atoms with E-state index in [9.17, 15) is 8.78 Å². The van der Waals surface area contributed by atoms with Crippen LogP contribution in [0.4, 0.5) is 26.2 Å². The van der Waals surface area contributed by atoms with E-state index >= 15 is 0 Å². The summed E-state index contributed by atoms with van der Waals surface area (Å²) < 4.78 is 27.0. The Morgan fingerprint density at radius 2 is 2.10 bits per heavy atom. The van der Waals surface area contributed by atoms with Gasteiger partial charge in [-0.25, -0.2) is 8.78 Å². The van der Waals surface area contributed by atoms with Gasteiger partial charge >= 0.3 is 0 Å². The number of hydrogen-bond donors (Lipinski definition) is 3. The van der Waals surface area contributed by atoms with Crippen molar-refractivity contribution in [1.82, 2.24) is 20.2 Å². The molecule has 0 amide bonds. The van der Waals surface area contributed by atoms with Crippen LogP contribution in [-0.2, 0) is 0 Å². The molecule has 21 heavy (non-hydrogen) atoms. The molecule has 0 fully saturated rings. The van der Waals surface area contributed by atoms with Crippen LogP contribution in [0.3, 0.4) is 0 Å². The molecule has 1 aromatic carbocycles. The minimum atomic E-state index is -0.573. The normalized spacial score (nSPS) is 10.8. The highest BCUT2D eigenvalue weighted by atomic mass is 19.1. The van der Waals surface area contributed by atoms with Crippen LogP contribution in [0.5, 0.6) is 0 Å². The molecule has 2 aromatic heterocycles. The predicted molar refractivity (Wildman–Crippen MR) is 75.5 cm³/mol. The number of hydrogen-bond acceptors (Lipinski definition) is 5. The van der Waals surface area contributed by atoms with Crippen molar-refractivity contribution < 1.29 is 8.78 Å². The Kier molecular flexibility index (Phi) is 3.35. The van der Waals surface area contributed by atoms with Gasteiger partial charge in [-0.2, -0.15) is 15.1 Å². The molecule has 0 atom stereocenters. The Balaban J connectivity index is 2.06. The molecule has 0 saturated carbocycles. The molecule has 0 aliphatic heterocycles. The van der Waals surface area contributed by atoms with Crippen LogP contribution in [0.25, 0.3) is 11.0 Å². The quantitative estimate of drug-likeness (QED) is 0.688. The highest BCUT2D eigenvalue weighted by Crippen LogP contribution is 2.25. The first-order valence-electron chi connectivity index (χ1n) is 6.34. The van der Waals surface area contributed by atoms with E-state index in [1.807, 2.05) is 6.92 Å². The number of halogens is 2. The minimum Gasteiger partial charge on any atom is -0.354 e. The van der Waals surface area contributed by atoms with Crippen molar-refractivity contribution in [3.63, 3.8) is 0 Å². The summed E-state index contributed by atoms with van der Waals surface area (Å²) in [6.45, 7) is 2.53. The molecule has 8 heteroatoms. The van der Waals surface area contributed by atoms with Gasteiger partial charge in [0.05, 0.1) is 17.3 Å². The molecule has 3 N–H and O–H groups in total. The Bertz CT molecular complexity index is 785. The third-order valence-electron chi connectivity index (χ3n) is 2.83. The average molecular weight is 290 g/mol. The Labute approximate surface area is 118 Å². The first-order chi connectivity index (χ1) is 10.2. The molecule has 6 nitrogen and oxygen atoms in total. The van der Waals surface area contributed by atoms with E-state index < -0.39 is 11.6 Å². The summed E-state index contributed by atoms with van der Waals surface area (Å²) in [4.78, 5) is 8.47.